The van der Waals surface area contributed by atoms with E-state index in [1.54, 1.807) is 12.3 Å². The zero-order chi connectivity index (χ0) is 18.2. The molecular formula is C20H26FIN4O. The first-order chi connectivity index (χ1) is 12.7. The van der Waals surface area contributed by atoms with E-state index in [-0.39, 0.29) is 29.8 Å². The van der Waals surface area contributed by atoms with Gasteiger partial charge in [-0.25, -0.2) is 14.4 Å². The zero-order valence-corrected chi connectivity index (χ0v) is 17.8. The number of nitrogens with zero attached hydrogens (tertiary/aromatic N) is 2. The van der Waals surface area contributed by atoms with E-state index < -0.39 is 0 Å². The maximum absolute atomic E-state index is 13.3. The van der Waals surface area contributed by atoms with Gasteiger partial charge in [-0.1, -0.05) is 12.1 Å². The highest BCUT2D eigenvalue weighted by molar-refractivity contribution is 14.0. The van der Waals surface area contributed by atoms with Crippen molar-refractivity contribution in [2.45, 2.75) is 32.9 Å². The van der Waals surface area contributed by atoms with E-state index in [1.807, 2.05) is 25.1 Å². The first kappa shape index (κ1) is 21.4. The molecule has 0 aliphatic heterocycles. The van der Waals surface area contributed by atoms with E-state index in [0.717, 1.165) is 24.3 Å². The lowest BCUT2D eigenvalue weighted by Gasteiger charge is -2.12. The van der Waals surface area contributed by atoms with Crippen molar-refractivity contribution in [1.82, 2.24) is 15.6 Å². The van der Waals surface area contributed by atoms with Crippen LogP contribution in [-0.2, 0) is 13.1 Å². The first-order valence-electron chi connectivity index (χ1n) is 9.07. The molecule has 2 N–H and O–H groups in total. The molecule has 0 spiro atoms. The van der Waals surface area contributed by atoms with Gasteiger partial charge in [-0.05, 0) is 55.0 Å². The summed E-state index contributed by atoms with van der Waals surface area (Å²) in [5, 5.41) is 6.49. The molecule has 1 aliphatic carbocycles. The number of rotatable bonds is 8. The van der Waals surface area contributed by atoms with E-state index in [2.05, 4.69) is 20.6 Å². The fourth-order valence-electron chi connectivity index (χ4n) is 2.46. The van der Waals surface area contributed by atoms with Crippen molar-refractivity contribution in [2.75, 3.05) is 13.2 Å². The molecule has 0 unspecified atom stereocenters. The highest BCUT2D eigenvalue weighted by atomic mass is 127. The second-order valence-corrected chi connectivity index (χ2v) is 6.44. The number of hydrogen-bond donors (Lipinski definition) is 2. The van der Waals surface area contributed by atoms with Crippen molar-refractivity contribution in [3.63, 3.8) is 0 Å². The maximum atomic E-state index is 13.3. The average Bonchev–Trinajstić information content (AvgIpc) is 3.47. The average molecular weight is 484 g/mol. The number of pyridine rings is 1. The van der Waals surface area contributed by atoms with E-state index >= 15 is 0 Å². The first-order valence-corrected chi connectivity index (χ1v) is 9.07. The molecule has 5 nitrogen and oxygen atoms in total. The molecule has 0 bridgehead atoms. The Bertz CT molecular complexity index is 752. The van der Waals surface area contributed by atoms with Gasteiger partial charge in [0, 0.05) is 25.4 Å². The molecule has 3 rings (SSSR count). The van der Waals surface area contributed by atoms with Crippen LogP contribution in [0.15, 0.2) is 47.6 Å². The Kier molecular flexibility index (Phi) is 8.77. The Hall–Kier alpha value is -1.90. The number of hydrogen-bond acceptors (Lipinski definition) is 3. The fraction of sp³-hybridized carbons (Fsp3) is 0.400. The van der Waals surface area contributed by atoms with Gasteiger partial charge in [-0.3, -0.25) is 0 Å². The number of ether oxygens (including phenoxy) is 1. The van der Waals surface area contributed by atoms with Crippen LogP contribution in [0.5, 0.6) is 5.88 Å². The van der Waals surface area contributed by atoms with Gasteiger partial charge >= 0.3 is 0 Å². The molecule has 1 saturated carbocycles. The predicted octanol–water partition coefficient (Wildman–Crippen LogP) is 3.88. The summed E-state index contributed by atoms with van der Waals surface area (Å²) in [4.78, 5) is 8.77. The molecular weight excluding hydrogens is 458 g/mol. The molecule has 2 aromatic rings. The molecule has 0 radical (unpaired) electrons. The summed E-state index contributed by atoms with van der Waals surface area (Å²) in [6, 6.07) is 10.4. The normalized spacial score (nSPS) is 13.6. The Morgan fingerprint density at radius 3 is 2.81 bits per heavy atom. The van der Waals surface area contributed by atoms with Crippen LogP contribution in [0.1, 0.15) is 30.9 Å². The zero-order valence-electron chi connectivity index (χ0n) is 15.5. The van der Waals surface area contributed by atoms with Gasteiger partial charge in [0.25, 0.3) is 0 Å². The molecule has 1 aliphatic rings. The standard InChI is InChI=1S/C20H25FN4O.HI/c1-2-22-20(24-12-16-4-3-5-18(21)10-16)25-13-17-8-9-23-19(11-17)26-14-15-6-7-15;/h3-5,8-11,15H,2,6-7,12-14H2,1H3,(H2,22,24,25);1H. The maximum Gasteiger partial charge on any atom is 0.213 e. The minimum atomic E-state index is -0.244. The Morgan fingerprint density at radius 2 is 2.07 bits per heavy atom. The van der Waals surface area contributed by atoms with Crippen LogP contribution in [-0.4, -0.2) is 24.1 Å². The number of halogens is 2. The van der Waals surface area contributed by atoms with E-state index in [9.17, 15) is 4.39 Å². The third-order valence-electron chi connectivity index (χ3n) is 4.08. The van der Waals surface area contributed by atoms with Gasteiger partial charge in [-0.2, -0.15) is 0 Å². The third kappa shape index (κ3) is 7.70. The lowest BCUT2D eigenvalue weighted by molar-refractivity contribution is 0.288. The van der Waals surface area contributed by atoms with Crippen LogP contribution >= 0.6 is 24.0 Å². The van der Waals surface area contributed by atoms with Crippen molar-refractivity contribution in [3.8, 4) is 5.88 Å². The Labute approximate surface area is 176 Å². The quantitative estimate of drug-likeness (QED) is 0.339. The lowest BCUT2D eigenvalue weighted by Crippen LogP contribution is -2.36. The molecule has 1 heterocycles. The van der Waals surface area contributed by atoms with Gasteiger partial charge in [0.2, 0.25) is 5.88 Å². The molecule has 27 heavy (non-hydrogen) atoms. The van der Waals surface area contributed by atoms with Crippen LogP contribution in [0.2, 0.25) is 0 Å². The highest BCUT2D eigenvalue weighted by Crippen LogP contribution is 2.29. The molecule has 146 valence electrons. The summed E-state index contributed by atoms with van der Waals surface area (Å²) in [5.41, 5.74) is 1.91. The second-order valence-electron chi connectivity index (χ2n) is 6.44. The Morgan fingerprint density at radius 1 is 1.22 bits per heavy atom. The van der Waals surface area contributed by atoms with Crippen LogP contribution in [0.4, 0.5) is 4.39 Å². The van der Waals surface area contributed by atoms with Crippen LogP contribution in [0.25, 0.3) is 0 Å². The monoisotopic (exact) mass is 484 g/mol. The van der Waals surface area contributed by atoms with Crippen molar-refractivity contribution in [2.24, 2.45) is 10.9 Å². The predicted molar refractivity (Wildman–Crippen MR) is 116 cm³/mol. The van der Waals surface area contributed by atoms with Crippen LogP contribution in [0, 0.1) is 11.7 Å². The van der Waals surface area contributed by atoms with Gasteiger partial charge < -0.3 is 15.4 Å². The minimum Gasteiger partial charge on any atom is -0.477 e. The molecule has 0 amide bonds. The van der Waals surface area contributed by atoms with Gasteiger partial charge in [0.15, 0.2) is 5.96 Å². The summed E-state index contributed by atoms with van der Waals surface area (Å²) in [5.74, 6) is 1.81. The lowest BCUT2D eigenvalue weighted by atomic mass is 10.2. The number of aliphatic imine (C=N–C) groups is 1. The van der Waals surface area contributed by atoms with Crippen molar-refractivity contribution >= 4 is 29.9 Å². The molecule has 0 saturated heterocycles. The molecule has 1 aromatic heterocycles. The SMILES string of the molecule is CCNC(=NCc1cccc(F)c1)NCc1ccnc(OCC2CC2)c1.I. The summed E-state index contributed by atoms with van der Waals surface area (Å²) in [6.45, 7) is 4.54. The van der Waals surface area contributed by atoms with Crippen molar-refractivity contribution in [3.05, 3.63) is 59.5 Å². The summed E-state index contributed by atoms with van der Waals surface area (Å²) in [7, 11) is 0. The number of nitrogens with one attached hydrogen (secondary N) is 2. The molecule has 7 heteroatoms. The van der Waals surface area contributed by atoms with Crippen molar-refractivity contribution in [1.29, 1.82) is 0 Å². The third-order valence-corrected chi connectivity index (χ3v) is 4.08. The van der Waals surface area contributed by atoms with E-state index in [1.165, 1.54) is 25.0 Å². The smallest absolute Gasteiger partial charge is 0.213 e. The Balaban J connectivity index is 0.00000261. The van der Waals surface area contributed by atoms with Gasteiger partial charge in [0.1, 0.15) is 5.82 Å². The molecule has 0 atom stereocenters. The van der Waals surface area contributed by atoms with Gasteiger partial charge in [0.05, 0.1) is 13.2 Å². The van der Waals surface area contributed by atoms with E-state index in [0.29, 0.717) is 30.8 Å². The van der Waals surface area contributed by atoms with Crippen LogP contribution in [0.3, 0.4) is 0 Å². The number of aromatic nitrogens is 1. The summed E-state index contributed by atoms with van der Waals surface area (Å²) in [6.07, 6.45) is 4.28. The number of benzene rings is 1. The topological polar surface area (TPSA) is 58.5 Å². The summed E-state index contributed by atoms with van der Waals surface area (Å²) < 4.78 is 19.0. The second kappa shape index (κ2) is 11.1. The largest absolute Gasteiger partial charge is 0.477 e. The van der Waals surface area contributed by atoms with Gasteiger partial charge in [-0.15, -0.1) is 24.0 Å². The van der Waals surface area contributed by atoms with E-state index in [4.69, 9.17) is 4.74 Å². The van der Waals surface area contributed by atoms with Crippen molar-refractivity contribution < 1.29 is 9.13 Å². The molecule has 1 aromatic carbocycles. The molecule has 1 fully saturated rings. The van der Waals surface area contributed by atoms with Crippen LogP contribution < -0.4 is 15.4 Å². The summed E-state index contributed by atoms with van der Waals surface area (Å²) >= 11 is 0. The highest BCUT2D eigenvalue weighted by Gasteiger charge is 2.22. The number of guanidine groups is 1. The minimum absolute atomic E-state index is 0. The fourth-order valence-corrected chi connectivity index (χ4v) is 2.46.